The van der Waals surface area contributed by atoms with E-state index in [1.807, 2.05) is 18.2 Å². The summed E-state index contributed by atoms with van der Waals surface area (Å²) in [6.45, 7) is 3.95. The number of unbranched alkanes of at least 4 members (excludes halogenated alkanes) is 4. The van der Waals surface area contributed by atoms with Crippen molar-refractivity contribution in [2.24, 2.45) is 5.92 Å². The zero-order chi connectivity index (χ0) is 21.1. The van der Waals surface area contributed by atoms with E-state index in [0.717, 1.165) is 11.3 Å². The molecule has 0 N–H and O–H groups in total. The molecule has 0 spiro atoms. The van der Waals surface area contributed by atoms with E-state index in [-0.39, 0.29) is 5.58 Å². The fourth-order valence-corrected chi connectivity index (χ4v) is 5.15. The molecule has 160 valence electrons. The molecule has 2 aromatic carbocycles. The van der Waals surface area contributed by atoms with Crippen molar-refractivity contribution in [1.29, 1.82) is 0 Å². The van der Waals surface area contributed by atoms with Gasteiger partial charge in [-0.2, -0.15) is 0 Å². The summed E-state index contributed by atoms with van der Waals surface area (Å²) in [5.74, 6) is 0.933. The highest BCUT2D eigenvalue weighted by atomic mass is 19.1. The van der Waals surface area contributed by atoms with Crippen molar-refractivity contribution >= 4 is 21.7 Å². The molecule has 0 unspecified atom stereocenters. The Morgan fingerprint density at radius 1 is 0.933 bits per heavy atom. The molecule has 3 aromatic rings. The first-order valence-corrected chi connectivity index (χ1v) is 11.7. The first-order valence-electron chi connectivity index (χ1n) is 11.7. The molecule has 1 fully saturated rings. The number of fused-ring (bicyclic) bond motifs is 3. The molecule has 4 rings (SSSR count). The third-order valence-electron chi connectivity index (χ3n) is 7.07. The van der Waals surface area contributed by atoms with Crippen molar-refractivity contribution < 1.29 is 8.81 Å². The van der Waals surface area contributed by atoms with Crippen molar-refractivity contribution in [3.63, 3.8) is 0 Å². The molecule has 30 heavy (non-hydrogen) atoms. The monoisotopic (exact) mass is 408 g/mol. The summed E-state index contributed by atoms with van der Waals surface area (Å²) in [7, 11) is 0. The van der Waals surface area contributed by atoms with Crippen LogP contribution in [-0.4, -0.2) is 0 Å². The van der Waals surface area contributed by atoms with Gasteiger partial charge < -0.3 is 4.42 Å². The lowest BCUT2D eigenvalue weighted by Crippen LogP contribution is -2.14. The summed E-state index contributed by atoms with van der Waals surface area (Å²) in [6, 6.07) is 9.71. The zero-order valence-electron chi connectivity index (χ0n) is 18.3. The van der Waals surface area contributed by atoms with Crippen molar-refractivity contribution in [1.82, 2.24) is 0 Å². The van der Waals surface area contributed by atoms with Crippen molar-refractivity contribution in [2.75, 3.05) is 0 Å². The van der Waals surface area contributed by atoms with Crippen LogP contribution in [0.3, 0.4) is 0 Å². The molecule has 0 aliphatic heterocycles. The van der Waals surface area contributed by atoms with Gasteiger partial charge in [-0.15, -0.1) is 0 Å². The van der Waals surface area contributed by atoms with E-state index in [0.29, 0.717) is 22.3 Å². The van der Waals surface area contributed by atoms with Crippen LogP contribution in [0.1, 0.15) is 88.2 Å². The van der Waals surface area contributed by atoms with E-state index in [2.05, 4.69) is 13.0 Å². The average molecular weight is 409 g/mol. The summed E-state index contributed by atoms with van der Waals surface area (Å²) >= 11 is 0. The second-order valence-corrected chi connectivity index (χ2v) is 9.19. The first-order chi connectivity index (χ1) is 14.6. The number of hydrogen-bond acceptors (Lipinski definition) is 2. The molecule has 1 heterocycles. The Bertz CT molecular complexity index is 1070. The minimum Gasteiger partial charge on any atom is -0.419 e. The van der Waals surface area contributed by atoms with Crippen LogP contribution in [0.5, 0.6) is 0 Å². The molecular formula is C27H33FO2. The van der Waals surface area contributed by atoms with Gasteiger partial charge in [0, 0.05) is 10.8 Å². The summed E-state index contributed by atoms with van der Waals surface area (Å²) in [5.41, 5.74) is 1.34. The Morgan fingerprint density at radius 2 is 1.67 bits per heavy atom. The summed E-state index contributed by atoms with van der Waals surface area (Å²) < 4.78 is 19.8. The number of halogens is 1. The molecule has 0 radical (unpaired) electrons. The van der Waals surface area contributed by atoms with Gasteiger partial charge in [0.05, 0.1) is 5.39 Å². The molecular weight excluding hydrogens is 375 g/mol. The van der Waals surface area contributed by atoms with Crippen LogP contribution in [0.15, 0.2) is 39.5 Å². The molecule has 1 aromatic heterocycles. The van der Waals surface area contributed by atoms with Gasteiger partial charge in [0.1, 0.15) is 0 Å². The van der Waals surface area contributed by atoms with Crippen LogP contribution in [0, 0.1) is 18.7 Å². The Labute approximate surface area is 178 Å². The van der Waals surface area contributed by atoms with E-state index in [1.54, 1.807) is 13.0 Å². The predicted octanol–water partition coefficient (Wildman–Crippen LogP) is 8.03. The number of hydrogen-bond donors (Lipinski definition) is 0. The standard InChI is InChI=1S/C27H33FO2/c1-3-4-5-6-7-8-19-10-12-20(13-11-19)21-14-16-22-23-15-9-18(2)25(28)26(23)30-27(29)24(22)17-21/h9,14-17,19-20H,3-8,10-13H2,1-2H3. The second kappa shape index (κ2) is 9.32. The van der Waals surface area contributed by atoms with E-state index < -0.39 is 11.4 Å². The highest BCUT2D eigenvalue weighted by molar-refractivity contribution is 6.04. The minimum absolute atomic E-state index is 0.0692. The van der Waals surface area contributed by atoms with Crippen LogP contribution in [-0.2, 0) is 0 Å². The molecule has 1 saturated carbocycles. The van der Waals surface area contributed by atoms with Crippen LogP contribution in [0.4, 0.5) is 4.39 Å². The van der Waals surface area contributed by atoms with Gasteiger partial charge in [0.25, 0.3) is 0 Å². The zero-order valence-corrected chi connectivity index (χ0v) is 18.3. The molecule has 3 heteroatoms. The Hall–Kier alpha value is -2.16. The highest BCUT2D eigenvalue weighted by Gasteiger charge is 2.23. The van der Waals surface area contributed by atoms with Gasteiger partial charge in [-0.25, -0.2) is 9.18 Å². The first kappa shape index (κ1) is 21.1. The number of aryl methyl sites for hydroxylation is 1. The third kappa shape index (κ3) is 4.31. The van der Waals surface area contributed by atoms with E-state index in [9.17, 15) is 9.18 Å². The fraction of sp³-hybridized carbons (Fsp3) is 0.519. The minimum atomic E-state index is -0.441. The SMILES string of the molecule is CCCCCCCC1CCC(c2ccc3c(c2)c(=O)oc2c(F)c(C)ccc23)CC1. The molecule has 0 atom stereocenters. The number of benzene rings is 2. The molecule has 0 bridgehead atoms. The van der Waals surface area contributed by atoms with Crippen LogP contribution >= 0.6 is 0 Å². The maximum Gasteiger partial charge on any atom is 0.344 e. The van der Waals surface area contributed by atoms with Crippen molar-refractivity contribution in [3.8, 4) is 0 Å². The third-order valence-corrected chi connectivity index (χ3v) is 7.07. The van der Waals surface area contributed by atoms with E-state index in [4.69, 9.17) is 4.42 Å². The van der Waals surface area contributed by atoms with Gasteiger partial charge in [-0.1, -0.05) is 69.7 Å². The number of rotatable bonds is 7. The summed E-state index contributed by atoms with van der Waals surface area (Å²) in [4.78, 5) is 12.6. The van der Waals surface area contributed by atoms with Gasteiger partial charge >= 0.3 is 5.63 Å². The van der Waals surface area contributed by atoms with Crippen molar-refractivity contribution in [3.05, 3.63) is 57.7 Å². The van der Waals surface area contributed by atoms with E-state index >= 15 is 0 Å². The average Bonchev–Trinajstić information content (AvgIpc) is 2.77. The molecule has 1 aliphatic carbocycles. The van der Waals surface area contributed by atoms with Crippen LogP contribution in [0.2, 0.25) is 0 Å². The molecule has 1 aliphatic rings. The molecule has 0 saturated heterocycles. The van der Waals surface area contributed by atoms with Crippen LogP contribution < -0.4 is 5.63 Å². The lowest BCUT2D eigenvalue weighted by Gasteiger charge is -2.29. The predicted molar refractivity (Wildman–Crippen MR) is 123 cm³/mol. The Balaban J connectivity index is 1.48. The van der Waals surface area contributed by atoms with Crippen LogP contribution in [0.25, 0.3) is 21.7 Å². The lowest BCUT2D eigenvalue weighted by atomic mass is 9.76. The lowest BCUT2D eigenvalue weighted by molar-refractivity contribution is 0.302. The molecule has 2 nitrogen and oxygen atoms in total. The largest absolute Gasteiger partial charge is 0.419 e. The Morgan fingerprint density at radius 3 is 2.43 bits per heavy atom. The fourth-order valence-electron chi connectivity index (χ4n) is 5.15. The van der Waals surface area contributed by atoms with Crippen molar-refractivity contribution in [2.45, 2.75) is 84.0 Å². The Kier molecular flexibility index (Phi) is 6.55. The van der Waals surface area contributed by atoms with Gasteiger partial charge in [-0.05, 0) is 61.6 Å². The maximum atomic E-state index is 14.4. The molecule has 0 amide bonds. The maximum absolute atomic E-state index is 14.4. The second-order valence-electron chi connectivity index (χ2n) is 9.19. The topological polar surface area (TPSA) is 30.2 Å². The van der Waals surface area contributed by atoms with Gasteiger partial charge in [0.15, 0.2) is 11.4 Å². The van der Waals surface area contributed by atoms with Gasteiger partial charge in [0.2, 0.25) is 0 Å². The normalized spacial score (nSPS) is 19.6. The summed E-state index contributed by atoms with van der Waals surface area (Å²) in [5, 5.41) is 2.02. The quantitative estimate of drug-likeness (QED) is 0.225. The summed E-state index contributed by atoms with van der Waals surface area (Å²) in [6.07, 6.45) is 13.1. The smallest absolute Gasteiger partial charge is 0.344 e. The highest BCUT2D eigenvalue weighted by Crippen LogP contribution is 2.39. The van der Waals surface area contributed by atoms with E-state index in [1.165, 1.54) is 69.8 Å². The van der Waals surface area contributed by atoms with Gasteiger partial charge in [-0.3, -0.25) is 0 Å².